The summed E-state index contributed by atoms with van der Waals surface area (Å²) in [5.41, 5.74) is 7.64. The fourth-order valence-electron chi connectivity index (χ4n) is 3.30. The lowest BCUT2D eigenvalue weighted by Crippen LogP contribution is -2.03. The zero-order valence-electron chi connectivity index (χ0n) is 14.0. The lowest BCUT2D eigenvalue weighted by atomic mass is 9.94. The Labute approximate surface area is 151 Å². The molecule has 1 amide bonds. The number of hydrogen-bond acceptors (Lipinski definition) is 1. The summed E-state index contributed by atoms with van der Waals surface area (Å²) in [4.78, 5) is 15.9. The van der Waals surface area contributed by atoms with Crippen LogP contribution in [-0.4, -0.2) is 10.9 Å². The van der Waals surface area contributed by atoms with Gasteiger partial charge in [0.2, 0.25) is 0 Å². The lowest BCUT2D eigenvalue weighted by molar-refractivity contribution is -0.110. The molecule has 124 valence electrons. The van der Waals surface area contributed by atoms with Crippen LogP contribution in [0, 0.1) is 13.8 Å². The second-order valence-corrected chi connectivity index (χ2v) is 6.73. The van der Waals surface area contributed by atoms with Crippen LogP contribution in [-0.2, 0) is 4.79 Å². The second-order valence-electron chi connectivity index (χ2n) is 6.30. The number of aromatic amines is 1. The first-order valence-corrected chi connectivity index (χ1v) is 8.49. The highest BCUT2D eigenvalue weighted by molar-refractivity contribution is 6.36. The molecule has 0 bridgehead atoms. The van der Waals surface area contributed by atoms with Gasteiger partial charge in [-0.2, -0.15) is 0 Å². The van der Waals surface area contributed by atoms with E-state index < -0.39 is 0 Å². The van der Waals surface area contributed by atoms with Crippen molar-refractivity contribution < 1.29 is 4.79 Å². The molecule has 1 aromatic heterocycles. The van der Waals surface area contributed by atoms with E-state index in [4.69, 9.17) is 11.6 Å². The van der Waals surface area contributed by atoms with Crippen molar-refractivity contribution in [2.75, 3.05) is 5.32 Å². The first-order chi connectivity index (χ1) is 12.0. The van der Waals surface area contributed by atoms with Crippen molar-refractivity contribution in [3.05, 3.63) is 76.1 Å². The normalized spacial score (nSPS) is 14.7. The van der Waals surface area contributed by atoms with Crippen molar-refractivity contribution in [3.63, 3.8) is 0 Å². The molecule has 2 aromatic carbocycles. The SMILES string of the molecule is Cc1cc(C)c(C=C2C(=O)Nc3cccc(-c4ccc(Cl)cc4)c32)[nH]1. The van der Waals surface area contributed by atoms with Gasteiger partial charge in [0.25, 0.3) is 5.91 Å². The monoisotopic (exact) mass is 348 g/mol. The Morgan fingerprint density at radius 3 is 2.48 bits per heavy atom. The minimum atomic E-state index is -0.0805. The highest BCUT2D eigenvalue weighted by atomic mass is 35.5. The van der Waals surface area contributed by atoms with Gasteiger partial charge in [0, 0.05) is 27.7 Å². The number of anilines is 1. The van der Waals surface area contributed by atoms with E-state index in [1.165, 1.54) is 0 Å². The molecule has 4 rings (SSSR count). The molecule has 0 unspecified atom stereocenters. The van der Waals surface area contributed by atoms with Gasteiger partial charge in [-0.15, -0.1) is 0 Å². The Morgan fingerprint density at radius 1 is 1.04 bits per heavy atom. The number of carbonyl (C=O) groups excluding carboxylic acids is 1. The quantitative estimate of drug-likeness (QED) is 0.595. The summed E-state index contributed by atoms with van der Waals surface area (Å²) in [6.45, 7) is 4.05. The summed E-state index contributed by atoms with van der Waals surface area (Å²) in [5.74, 6) is -0.0805. The Hall–Kier alpha value is -2.78. The van der Waals surface area contributed by atoms with E-state index in [0.717, 1.165) is 39.3 Å². The smallest absolute Gasteiger partial charge is 0.256 e. The van der Waals surface area contributed by atoms with Crippen LogP contribution in [0.15, 0.2) is 48.5 Å². The van der Waals surface area contributed by atoms with Gasteiger partial charge in [0.1, 0.15) is 0 Å². The third-order valence-electron chi connectivity index (χ3n) is 4.46. The van der Waals surface area contributed by atoms with Crippen LogP contribution in [0.5, 0.6) is 0 Å². The zero-order valence-corrected chi connectivity index (χ0v) is 14.7. The predicted octanol–water partition coefficient (Wildman–Crippen LogP) is 5.44. The first kappa shape index (κ1) is 15.7. The Morgan fingerprint density at radius 2 is 1.80 bits per heavy atom. The maximum atomic E-state index is 12.6. The van der Waals surface area contributed by atoms with E-state index in [0.29, 0.717) is 10.6 Å². The molecule has 1 aliphatic heterocycles. The molecule has 0 saturated carbocycles. The third kappa shape index (κ3) is 2.77. The molecule has 0 aliphatic carbocycles. The van der Waals surface area contributed by atoms with Gasteiger partial charge in [-0.1, -0.05) is 35.9 Å². The number of benzene rings is 2. The fourth-order valence-corrected chi connectivity index (χ4v) is 3.43. The minimum absolute atomic E-state index is 0.0805. The number of hydrogen-bond donors (Lipinski definition) is 2. The summed E-state index contributed by atoms with van der Waals surface area (Å²) in [7, 11) is 0. The topological polar surface area (TPSA) is 44.9 Å². The Kier molecular flexibility index (Phi) is 3.74. The number of nitrogens with one attached hydrogen (secondary N) is 2. The average Bonchev–Trinajstić information content (AvgIpc) is 3.07. The average molecular weight is 349 g/mol. The number of H-pyrrole nitrogens is 1. The molecule has 0 spiro atoms. The van der Waals surface area contributed by atoms with Crippen LogP contribution in [0.2, 0.25) is 5.02 Å². The van der Waals surface area contributed by atoms with Crippen LogP contribution in [0.25, 0.3) is 22.8 Å². The molecule has 0 radical (unpaired) electrons. The second kappa shape index (κ2) is 5.94. The maximum Gasteiger partial charge on any atom is 0.256 e. The number of aromatic nitrogens is 1. The van der Waals surface area contributed by atoms with Crippen molar-refractivity contribution in [2.45, 2.75) is 13.8 Å². The Balaban J connectivity index is 1.91. The molecule has 0 saturated heterocycles. The molecular weight excluding hydrogens is 332 g/mol. The molecule has 3 aromatic rings. The van der Waals surface area contributed by atoms with Gasteiger partial charge in [-0.25, -0.2) is 0 Å². The molecule has 2 heterocycles. The van der Waals surface area contributed by atoms with Crippen molar-refractivity contribution >= 4 is 34.8 Å². The number of carbonyl (C=O) groups is 1. The first-order valence-electron chi connectivity index (χ1n) is 8.11. The van der Waals surface area contributed by atoms with E-state index in [1.54, 1.807) is 0 Å². The van der Waals surface area contributed by atoms with E-state index in [-0.39, 0.29) is 5.91 Å². The number of rotatable bonds is 2. The number of aryl methyl sites for hydroxylation is 2. The van der Waals surface area contributed by atoms with Gasteiger partial charge >= 0.3 is 0 Å². The summed E-state index contributed by atoms with van der Waals surface area (Å²) in [5, 5.41) is 3.66. The van der Waals surface area contributed by atoms with Gasteiger partial charge in [-0.05, 0) is 60.9 Å². The summed E-state index contributed by atoms with van der Waals surface area (Å²) in [6, 6.07) is 15.7. The van der Waals surface area contributed by atoms with Crippen molar-refractivity contribution in [1.82, 2.24) is 4.98 Å². The van der Waals surface area contributed by atoms with Crippen LogP contribution in [0.4, 0.5) is 5.69 Å². The highest BCUT2D eigenvalue weighted by Gasteiger charge is 2.27. The number of amides is 1. The standard InChI is InChI=1S/C21H17ClN2O/c1-12-10-13(2)23-19(12)11-17-20-16(14-6-8-15(22)9-7-14)4-3-5-18(20)24-21(17)25/h3-11,23H,1-2H3,(H,24,25). The molecular formula is C21H17ClN2O. The van der Waals surface area contributed by atoms with Gasteiger partial charge < -0.3 is 10.3 Å². The highest BCUT2D eigenvalue weighted by Crippen LogP contribution is 2.40. The fraction of sp³-hybridized carbons (Fsp3) is 0.0952. The van der Waals surface area contributed by atoms with Crippen LogP contribution in [0.3, 0.4) is 0 Å². The van der Waals surface area contributed by atoms with Crippen molar-refractivity contribution in [1.29, 1.82) is 0 Å². The number of fused-ring (bicyclic) bond motifs is 1. The predicted molar refractivity (Wildman–Crippen MR) is 104 cm³/mol. The van der Waals surface area contributed by atoms with Crippen molar-refractivity contribution in [2.24, 2.45) is 0 Å². The van der Waals surface area contributed by atoms with Gasteiger partial charge in [-0.3, -0.25) is 4.79 Å². The maximum absolute atomic E-state index is 12.6. The third-order valence-corrected chi connectivity index (χ3v) is 4.71. The largest absolute Gasteiger partial charge is 0.359 e. The molecule has 0 atom stereocenters. The zero-order chi connectivity index (χ0) is 17.6. The van der Waals surface area contributed by atoms with Crippen LogP contribution >= 0.6 is 11.6 Å². The Bertz CT molecular complexity index is 1010. The summed E-state index contributed by atoms with van der Waals surface area (Å²) < 4.78 is 0. The van der Waals surface area contributed by atoms with E-state index >= 15 is 0 Å². The summed E-state index contributed by atoms with van der Waals surface area (Å²) in [6.07, 6.45) is 1.93. The molecule has 3 nitrogen and oxygen atoms in total. The molecule has 1 aliphatic rings. The summed E-state index contributed by atoms with van der Waals surface area (Å²) >= 11 is 6.01. The molecule has 0 fully saturated rings. The van der Waals surface area contributed by atoms with Crippen LogP contribution in [0.1, 0.15) is 22.5 Å². The van der Waals surface area contributed by atoms with E-state index in [1.807, 2.05) is 62.4 Å². The van der Waals surface area contributed by atoms with Crippen LogP contribution < -0.4 is 5.32 Å². The van der Waals surface area contributed by atoms with Gasteiger partial charge in [0.15, 0.2) is 0 Å². The lowest BCUT2D eigenvalue weighted by Gasteiger charge is -2.09. The van der Waals surface area contributed by atoms with E-state index in [2.05, 4.69) is 16.4 Å². The molecule has 2 N–H and O–H groups in total. The van der Waals surface area contributed by atoms with Crippen molar-refractivity contribution in [3.8, 4) is 11.1 Å². The molecule has 25 heavy (non-hydrogen) atoms. The minimum Gasteiger partial charge on any atom is -0.359 e. The van der Waals surface area contributed by atoms with Gasteiger partial charge in [0.05, 0.1) is 5.57 Å². The number of halogens is 1. The van der Waals surface area contributed by atoms with E-state index in [9.17, 15) is 4.79 Å². The molecule has 4 heteroatoms.